The number of thiophene rings is 1. The van der Waals surface area contributed by atoms with Crippen LogP contribution in [0.15, 0.2) is 35.7 Å². The second kappa shape index (κ2) is 10.7. The van der Waals surface area contributed by atoms with Crippen molar-refractivity contribution in [3.05, 3.63) is 46.2 Å². The maximum atomic E-state index is 13.4. The Hall–Kier alpha value is -3.07. The van der Waals surface area contributed by atoms with Gasteiger partial charge in [0.15, 0.2) is 11.5 Å². The number of carbonyl (C=O) groups is 3. The van der Waals surface area contributed by atoms with Crippen LogP contribution in [0.2, 0.25) is 0 Å². The monoisotopic (exact) mass is 472 g/mol. The number of hydrogen-bond acceptors (Lipinski definition) is 7. The number of ether oxygens (including phenoxy) is 3. The SMILES string of the molecule is CCOC(=O)CCC(=O)N(CC(=O)N(Cc1ccc2c(c1)OCO2)Cc1cccs1)C1CC1. The van der Waals surface area contributed by atoms with E-state index in [9.17, 15) is 14.4 Å². The molecule has 1 aromatic heterocycles. The van der Waals surface area contributed by atoms with Crippen molar-refractivity contribution < 1.29 is 28.6 Å². The molecule has 2 aromatic rings. The first-order chi connectivity index (χ1) is 16.0. The smallest absolute Gasteiger partial charge is 0.306 e. The molecule has 2 amide bonds. The Balaban J connectivity index is 1.44. The van der Waals surface area contributed by atoms with Gasteiger partial charge < -0.3 is 24.0 Å². The summed E-state index contributed by atoms with van der Waals surface area (Å²) in [5.41, 5.74) is 0.927. The Kier molecular flexibility index (Phi) is 7.49. The van der Waals surface area contributed by atoms with Crippen LogP contribution in [-0.2, 0) is 32.2 Å². The van der Waals surface area contributed by atoms with Crippen molar-refractivity contribution in [2.75, 3.05) is 19.9 Å². The lowest BCUT2D eigenvalue weighted by Crippen LogP contribution is -2.43. The van der Waals surface area contributed by atoms with E-state index in [2.05, 4.69) is 0 Å². The van der Waals surface area contributed by atoms with E-state index in [1.165, 1.54) is 0 Å². The molecule has 8 nitrogen and oxygen atoms in total. The average Bonchev–Trinajstić information content (AvgIpc) is 3.30. The van der Waals surface area contributed by atoms with Crippen molar-refractivity contribution in [2.45, 2.75) is 51.7 Å². The summed E-state index contributed by atoms with van der Waals surface area (Å²) in [5, 5.41) is 1.98. The van der Waals surface area contributed by atoms with Gasteiger partial charge in [-0.1, -0.05) is 12.1 Å². The first kappa shape index (κ1) is 23.1. The molecule has 176 valence electrons. The number of amides is 2. The molecule has 33 heavy (non-hydrogen) atoms. The molecule has 1 aliphatic heterocycles. The van der Waals surface area contributed by atoms with E-state index in [0.717, 1.165) is 23.3 Å². The Labute approximate surface area is 197 Å². The molecule has 2 heterocycles. The van der Waals surface area contributed by atoms with Crippen LogP contribution in [0.1, 0.15) is 43.0 Å². The third kappa shape index (κ3) is 6.25. The van der Waals surface area contributed by atoms with E-state index in [-0.39, 0.29) is 50.6 Å². The number of nitrogens with zero attached hydrogens (tertiary/aromatic N) is 2. The minimum Gasteiger partial charge on any atom is -0.466 e. The molecule has 0 radical (unpaired) electrons. The molecule has 1 fully saturated rings. The van der Waals surface area contributed by atoms with Gasteiger partial charge >= 0.3 is 5.97 Å². The molecule has 4 rings (SSSR count). The highest BCUT2D eigenvalue weighted by Gasteiger charge is 2.35. The molecular formula is C24H28N2O6S. The Morgan fingerprint density at radius 2 is 1.88 bits per heavy atom. The lowest BCUT2D eigenvalue weighted by Gasteiger charge is -2.28. The van der Waals surface area contributed by atoms with Gasteiger partial charge in [-0.25, -0.2) is 0 Å². The Morgan fingerprint density at radius 3 is 2.61 bits per heavy atom. The molecule has 0 saturated heterocycles. The normalized spacial score (nSPS) is 14.1. The summed E-state index contributed by atoms with van der Waals surface area (Å²) >= 11 is 1.59. The topological polar surface area (TPSA) is 85.4 Å². The van der Waals surface area contributed by atoms with Gasteiger partial charge in [-0.2, -0.15) is 0 Å². The fourth-order valence-electron chi connectivity index (χ4n) is 3.72. The van der Waals surface area contributed by atoms with Gasteiger partial charge in [-0.05, 0) is 48.9 Å². The fourth-order valence-corrected chi connectivity index (χ4v) is 4.44. The summed E-state index contributed by atoms with van der Waals surface area (Å²) in [7, 11) is 0. The summed E-state index contributed by atoms with van der Waals surface area (Å²) in [6, 6.07) is 9.68. The van der Waals surface area contributed by atoms with Gasteiger partial charge in [0.05, 0.1) is 19.6 Å². The van der Waals surface area contributed by atoms with E-state index >= 15 is 0 Å². The number of hydrogen-bond donors (Lipinski definition) is 0. The van der Waals surface area contributed by atoms with Crippen molar-refractivity contribution in [1.29, 1.82) is 0 Å². The molecule has 1 saturated carbocycles. The number of benzene rings is 1. The zero-order valence-electron chi connectivity index (χ0n) is 18.7. The zero-order chi connectivity index (χ0) is 23.2. The van der Waals surface area contributed by atoms with Gasteiger partial charge in [0.25, 0.3) is 0 Å². The summed E-state index contributed by atoms with van der Waals surface area (Å²) in [5.74, 6) is 0.664. The molecule has 0 atom stereocenters. The van der Waals surface area contributed by atoms with Crippen molar-refractivity contribution in [2.24, 2.45) is 0 Å². The lowest BCUT2D eigenvalue weighted by molar-refractivity contribution is -0.146. The van der Waals surface area contributed by atoms with Crippen LogP contribution in [0.4, 0.5) is 0 Å². The van der Waals surface area contributed by atoms with Crippen LogP contribution < -0.4 is 9.47 Å². The Bertz CT molecular complexity index is 989. The molecule has 0 unspecified atom stereocenters. The maximum Gasteiger partial charge on any atom is 0.306 e. The van der Waals surface area contributed by atoms with Crippen LogP contribution in [0, 0.1) is 0 Å². The highest BCUT2D eigenvalue weighted by Crippen LogP contribution is 2.33. The van der Waals surface area contributed by atoms with Gasteiger partial charge in [0, 0.05) is 23.9 Å². The molecule has 9 heteroatoms. The molecule has 2 aliphatic rings. The fraction of sp³-hybridized carbons (Fsp3) is 0.458. The van der Waals surface area contributed by atoms with E-state index in [1.807, 2.05) is 35.7 Å². The van der Waals surface area contributed by atoms with Crippen molar-refractivity contribution in [1.82, 2.24) is 9.80 Å². The van der Waals surface area contributed by atoms with Crippen LogP contribution in [0.25, 0.3) is 0 Å². The molecule has 1 aliphatic carbocycles. The van der Waals surface area contributed by atoms with Crippen LogP contribution in [0.3, 0.4) is 0 Å². The molecule has 0 bridgehead atoms. The van der Waals surface area contributed by atoms with Gasteiger partial charge in [-0.3, -0.25) is 14.4 Å². The Morgan fingerprint density at radius 1 is 1.06 bits per heavy atom. The molecule has 1 aromatic carbocycles. The van der Waals surface area contributed by atoms with E-state index < -0.39 is 5.97 Å². The van der Waals surface area contributed by atoms with Crippen LogP contribution >= 0.6 is 11.3 Å². The first-order valence-electron chi connectivity index (χ1n) is 11.2. The summed E-state index contributed by atoms with van der Waals surface area (Å²) in [6.07, 6.45) is 1.84. The van der Waals surface area contributed by atoms with E-state index in [1.54, 1.807) is 28.1 Å². The second-order valence-electron chi connectivity index (χ2n) is 8.07. The summed E-state index contributed by atoms with van der Waals surface area (Å²) < 4.78 is 15.8. The van der Waals surface area contributed by atoms with Crippen molar-refractivity contribution >= 4 is 29.1 Å². The number of fused-ring (bicyclic) bond motifs is 1. The van der Waals surface area contributed by atoms with Gasteiger partial charge in [0.2, 0.25) is 18.6 Å². The first-order valence-corrected chi connectivity index (χ1v) is 12.0. The largest absolute Gasteiger partial charge is 0.466 e. The third-order valence-corrected chi connectivity index (χ3v) is 6.41. The van der Waals surface area contributed by atoms with E-state index in [0.29, 0.717) is 24.6 Å². The van der Waals surface area contributed by atoms with Crippen molar-refractivity contribution in [3.8, 4) is 11.5 Å². The highest BCUT2D eigenvalue weighted by atomic mass is 32.1. The standard InChI is InChI=1S/C24H28N2O6S/c1-2-30-24(29)10-9-22(27)26(18-6-7-18)15-23(28)25(14-19-4-3-11-33-19)13-17-5-8-20-21(12-17)32-16-31-20/h3-5,8,11-12,18H,2,6-7,9-10,13-16H2,1H3. The predicted octanol–water partition coefficient (Wildman–Crippen LogP) is 3.34. The number of carbonyl (C=O) groups excluding carboxylic acids is 3. The van der Waals surface area contributed by atoms with E-state index in [4.69, 9.17) is 14.2 Å². The third-order valence-electron chi connectivity index (χ3n) is 5.55. The second-order valence-corrected chi connectivity index (χ2v) is 9.11. The van der Waals surface area contributed by atoms with Gasteiger partial charge in [0.1, 0.15) is 6.54 Å². The highest BCUT2D eigenvalue weighted by molar-refractivity contribution is 7.09. The average molecular weight is 473 g/mol. The predicted molar refractivity (Wildman–Crippen MR) is 122 cm³/mol. The van der Waals surface area contributed by atoms with Crippen LogP contribution in [0.5, 0.6) is 11.5 Å². The molecule has 0 spiro atoms. The van der Waals surface area contributed by atoms with Crippen molar-refractivity contribution in [3.63, 3.8) is 0 Å². The minimum absolute atomic E-state index is 0.00223. The zero-order valence-corrected chi connectivity index (χ0v) is 19.5. The van der Waals surface area contributed by atoms with Gasteiger partial charge in [-0.15, -0.1) is 11.3 Å². The summed E-state index contributed by atoms with van der Waals surface area (Å²) in [4.78, 5) is 42.3. The molecular weight excluding hydrogens is 444 g/mol. The number of rotatable bonds is 11. The number of esters is 1. The van der Waals surface area contributed by atoms with Crippen LogP contribution in [-0.4, -0.2) is 53.6 Å². The maximum absolute atomic E-state index is 13.4. The lowest BCUT2D eigenvalue weighted by atomic mass is 10.2. The summed E-state index contributed by atoms with van der Waals surface area (Å²) in [6.45, 7) is 3.07. The minimum atomic E-state index is -0.393. The molecule has 0 N–H and O–H groups in total. The quantitative estimate of drug-likeness (QED) is 0.467.